The summed E-state index contributed by atoms with van der Waals surface area (Å²) in [5.74, 6) is 0.0726. The molecule has 4 heteroatoms. The summed E-state index contributed by atoms with van der Waals surface area (Å²) >= 11 is 0. The second-order valence-corrected chi connectivity index (χ2v) is 2.20. The zero-order chi connectivity index (χ0) is 7.40. The summed E-state index contributed by atoms with van der Waals surface area (Å²) in [5, 5.41) is 4.53. The van der Waals surface area contributed by atoms with E-state index in [0.29, 0.717) is 6.54 Å². The van der Waals surface area contributed by atoms with Crippen molar-refractivity contribution in [3.8, 4) is 0 Å². The summed E-state index contributed by atoms with van der Waals surface area (Å²) in [4.78, 5) is 10.7. The molecule has 0 atom stereocenters. The molecule has 0 aromatic heterocycles. The molecule has 1 radical (unpaired) electrons. The first-order valence-electron chi connectivity index (χ1n) is 3.52. The lowest BCUT2D eigenvalue weighted by Gasteiger charge is -2.24. The third kappa shape index (κ3) is 1.97. The van der Waals surface area contributed by atoms with Crippen LogP contribution >= 0.6 is 0 Å². The smallest absolute Gasteiger partial charge is 0.235 e. The second kappa shape index (κ2) is 3.53. The lowest BCUT2D eigenvalue weighted by molar-refractivity contribution is -0.125. The number of amides is 1. The molecule has 1 rings (SSSR count). The molecule has 1 aliphatic heterocycles. The molecule has 1 saturated heterocycles. The number of hydrogen-bond acceptors (Lipinski definition) is 2. The van der Waals surface area contributed by atoms with Crippen LogP contribution in [-0.4, -0.2) is 37.1 Å². The predicted molar refractivity (Wildman–Crippen MR) is 37.3 cm³/mol. The van der Waals surface area contributed by atoms with Crippen LogP contribution in [0.3, 0.4) is 0 Å². The third-order valence-electron chi connectivity index (χ3n) is 1.36. The van der Waals surface area contributed by atoms with Crippen molar-refractivity contribution in [2.75, 3.05) is 26.2 Å². The molecule has 0 unspecified atom stereocenters. The highest BCUT2D eigenvalue weighted by Crippen LogP contribution is 1.88. The topological polar surface area (TPSA) is 46.4 Å². The minimum absolute atomic E-state index is 0.0726. The van der Waals surface area contributed by atoms with Gasteiger partial charge >= 0.3 is 0 Å². The van der Waals surface area contributed by atoms with Crippen molar-refractivity contribution >= 4 is 5.91 Å². The molecule has 57 valence electrons. The van der Waals surface area contributed by atoms with Gasteiger partial charge in [0, 0.05) is 19.6 Å². The molecule has 1 amide bonds. The van der Waals surface area contributed by atoms with Gasteiger partial charge in [-0.15, -0.1) is 0 Å². The van der Waals surface area contributed by atoms with Gasteiger partial charge in [0.25, 0.3) is 0 Å². The van der Waals surface area contributed by atoms with Gasteiger partial charge < -0.3 is 5.32 Å². The Bertz CT molecular complexity index is 124. The molecule has 0 bridgehead atoms. The first-order chi connectivity index (χ1) is 4.83. The van der Waals surface area contributed by atoms with Crippen molar-refractivity contribution in [1.82, 2.24) is 15.8 Å². The van der Waals surface area contributed by atoms with Crippen LogP contribution < -0.4 is 10.7 Å². The van der Waals surface area contributed by atoms with Crippen molar-refractivity contribution in [3.05, 3.63) is 0 Å². The van der Waals surface area contributed by atoms with Gasteiger partial charge in [-0.05, 0) is 6.92 Å². The van der Waals surface area contributed by atoms with Crippen LogP contribution in [0.5, 0.6) is 0 Å². The van der Waals surface area contributed by atoms with Crippen LogP contribution in [0.2, 0.25) is 0 Å². The van der Waals surface area contributed by atoms with Crippen molar-refractivity contribution < 1.29 is 4.79 Å². The van der Waals surface area contributed by atoms with E-state index in [4.69, 9.17) is 0 Å². The molecule has 0 saturated carbocycles. The van der Waals surface area contributed by atoms with E-state index in [1.807, 2.05) is 6.92 Å². The lowest BCUT2D eigenvalue weighted by Crippen LogP contribution is -2.50. The van der Waals surface area contributed by atoms with E-state index in [0.717, 1.165) is 19.6 Å². The molecular formula is C6H12N3O. The number of hydrogen-bond donors (Lipinski definition) is 1. The average Bonchev–Trinajstić information content (AvgIpc) is 1.88. The molecular weight excluding hydrogens is 130 g/mol. The average molecular weight is 142 g/mol. The highest BCUT2D eigenvalue weighted by molar-refractivity contribution is 5.78. The highest BCUT2D eigenvalue weighted by Gasteiger charge is 2.14. The molecule has 0 spiro atoms. The van der Waals surface area contributed by atoms with Crippen molar-refractivity contribution in [2.45, 2.75) is 6.92 Å². The van der Waals surface area contributed by atoms with Crippen molar-refractivity contribution in [2.24, 2.45) is 0 Å². The van der Waals surface area contributed by atoms with Crippen molar-refractivity contribution in [1.29, 1.82) is 0 Å². The van der Waals surface area contributed by atoms with Gasteiger partial charge in [-0.3, -0.25) is 4.79 Å². The lowest BCUT2D eigenvalue weighted by atomic mass is 10.4. The van der Waals surface area contributed by atoms with E-state index >= 15 is 0 Å². The van der Waals surface area contributed by atoms with Gasteiger partial charge in [0.05, 0.1) is 6.54 Å². The minimum atomic E-state index is 0.0726. The summed E-state index contributed by atoms with van der Waals surface area (Å²) in [5.41, 5.74) is 4.11. The van der Waals surface area contributed by atoms with E-state index in [9.17, 15) is 4.79 Å². The molecule has 4 nitrogen and oxygen atoms in total. The quantitative estimate of drug-likeness (QED) is 0.535. The van der Waals surface area contributed by atoms with Gasteiger partial charge in [0.15, 0.2) is 0 Å². The molecule has 1 heterocycles. The van der Waals surface area contributed by atoms with E-state index in [2.05, 4.69) is 10.7 Å². The standard InChI is InChI=1S/C6H12N3O/c1-2-8-9-4-3-7-6(10)5-9/h2-5H2,1H3,(H,7,10). The van der Waals surface area contributed by atoms with Crippen LogP contribution in [0.15, 0.2) is 0 Å². The Kier molecular flexibility index (Phi) is 2.65. The van der Waals surface area contributed by atoms with E-state index in [-0.39, 0.29) is 5.91 Å². The largest absolute Gasteiger partial charge is 0.354 e. The zero-order valence-electron chi connectivity index (χ0n) is 6.13. The Hall–Kier alpha value is -0.610. The Morgan fingerprint density at radius 2 is 2.60 bits per heavy atom. The van der Waals surface area contributed by atoms with Gasteiger partial charge in [0.2, 0.25) is 5.91 Å². The van der Waals surface area contributed by atoms with E-state index in [1.165, 1.54) is 0 Å². The summed E-state index contributed by atoms with van der Waals surface area (Å²) < 4.78 is 0. The van der Waals surface area contributed by atoms with Crippen LogP contribution in [0.4, 0.5) is 0 Å². The maximum atomic E-state index is 10.7. The monoisotopic (exact) mass is 142 g/mol. The first kappa shape index (κ1) is 7.50. The number of nitrogens with one attached hydrogen (secondary N) is 1. The summed E-state index contributed by atoms with van der Waals surface area (Å²) in [6, 6.07) is 0. The molecule has 10 heavy (non-hydrogen) atoms. The normalized spacial score (nSPS) is 20.7. The van der Waals surface area contributed by atoms with E-state index < -0.39 is 0 Å². The van der Waals surface area contributed by atoms with Crippen LogP contribution in [0, 0.1) is 0 Å². The number of carbonyl (C=O) groups excluding carboxylic acids is 1. The van der Waals surface area contributed by atoms with Gasteiger partial charge in [-0.2, -0.15) is 5.43 Å². The van der Waals surface area contributed by atoms with Gasteiger partial charge in [0.1, 0.15) is 0 Å². The minimum Gasteiger partial charge on any atom is -0.354 e. The molecule has 0 aromatic rings. The van der Waals surface area contributed by atoms with Crippen LogP contribution in [-0.2, 0) is 4.79 Å². The molecule has 0 aliphatic carbocycles. The molecule has 1 aliphatic rings. The SMILES string of the molecule is CC[N]N1CCNC(=O)C1. The van der Waals surface area contributed by atoms with Gasteiger partial charge in [-0.25, -0.2) is 5.01 Å². The molecule has 1 fully saturated rings. The fraction of sp³-hybridized carbons (Fsp3) is 0.833. The zero-order valence-corrected chi connectivity index (χ0v) is 6.13. The Morgan fingerprint density at radius 3 is 3.20 bits per heavy atom. The number of piperazine rings is 1. The Morgan fingerprint density at radius 1 is 1.80 bits per heavy atom. The third-order valence-corrected chi connectivity index (χ3v) is 1.36. The van der Waals surface area contributed by atoms with E-state index in [1.54, 1.807) is 5.01 Å². The van der Waals surface area contributed by atoms with Crippen molar-refractivity contribution in [3.63, 3.8) is 0 Å². The second-order valence-electron chi connectivity index (χ2n) is 2.20. The molecule has 1 N–H and O–H groups in total. The van der Waals surface area contributed by atoms with Crippen LogP contribution in [0.1, 0.15) is 6.92 Å². The molecule has 0 aromatic carbocycles. The highest BCUT2D eigenvalue weighted by atomic mass is 16.2. The Labute approximate surface area is 60.5 Å². The number of carbonyl (C=O) groups is 1. The number of rotatable bonds is 2. The van der Waals surface area contributed by atoms with Gasteiger partial charge in [-0.1, -0.05) is 0 Å². The summed E-state index contributed by atoms with van der Waals surface area (Å²) in [6.07, 6.45) is 0. The Balaban J connectivity index is 2.25. The maximum Gasteiger partial charge on any atom is 0.235 e. The fourth-order valence-electron chi connectivity index (χ4n) is 0.946. The number of nitrogens with zero attached hydrogens (tertiary/aromatic N) is 2. The maximum absolute atomic E-state index is 10.7. The predicted octanol–water partition coefficient (Wildman–Crippen LogP) is -1.04. The first-order valence-corrected chi connectivity index (χ1v) is 3.52. The van der Waals surface area contributed by atoms with Crippen LogP contribution in [0.25, 0.3) is 0 Å². The summed E-state index contributed by atoms with van der Waals surface area (Å²) in [7, 11) is 0. The fourth-order valence-corrected chi connectivity index (χ4v) is 0.946. The summed E-state index contributed by atoms with van der Waals surface area (Å²) in [6.45, 7) is 4.72.